The molecule has 128 valence electrons. The van der Waals surface area contributed by atoms with Crippen LogP contribution in [0.2, 0.25) is 0 Å². The average Bonchev–Trinajstić information content (AvgIpc) is 3.14. The lowest BCUT2D eigenvalue weighted by Gasteiger charge is -2.07. The van der Waals surface area contributed by atoms with Crippen LogP contribution < -0.4 is 10.1 Å². The molecule has 1 heterocycles. The van der Waals surface area contributed by atoms with Crippen molar-refractivity contribution in [3.05, 3.63) is 72.3 Å². The number of ether oxygens (including phenoxy) is 1. The summed E-state index contributed by atoms with van der Waals surface area (Å²) in [6.07, 6.45) is 1.66. The largest absolute Gasteiger partial charge is 0.496 e. The van der Waals surface area contributed by atoms with Crippen molar-refractivity contribution in [2.45, 2.75) is 0 Å². The molecule has 0 aliphatic heterocycles. The molecular weight excluding hydrogens is 328 g/mol. The van der Waals surface area contributed by atoms with Gasteiger partial charge in [-0.3, -0.25) is 0 Å². The number of nitrogens with zero attached hydrogens (tertiary/aromatic N) is 5. The quantitative estimate of drug-likeness (QED) is 0.561. The fraction of sp³-hybridized carbons (Fsp3) is 0.0526. The summed E-state index contributed by atoms with van der Waals surface area (Å²) in [6.45, 7) is 0. The average molecular weight is 344 g/mol. The van der Waals surface area contributed by atoms with E-state index in [0.29, 0.717) is 5.95 Å². The van der Waals surface area contributed by atoms with Gasteiger partial charge in [-0.05, 0) is 34.0 Å². The summed E-state index contributed by atoms with van der Waals surface area (Å²) in [7, 11) is 1.62. The highest BCUT2D eigenvalue weighted by molar-refractivity contribution is 5.94. The number of benzene rings is 3. The third-order valence-corrected chi connectivity index (χ3v) is 3.93. The molecule has 4 rings (SSSR count). The molecule has 26 heavy (non-hydrogen) atoms. The number of methoxy groups -OCH3 is 1. The van der Waals surface area contributed by atoms with Crippen molar-refractivity contribution in [1.82, 2.24) is 20.3 Å². The van der Waals surface area contributed by atoms with E-state index in [1.807, 2.05) is 54.6 Å². The first kappa shape index (κ1) is 15.8. The third kappa shape index (κ3) is 3.10. The number of para-hydroxylation sites is 1. The molecule has 0 bridgehead atoms. The zero-order valence-electron chi connectivity index (χ0n) is 14.1. The fourth-order valence-electron chi connectivity index (χ4n) is 2.68. The van der Waals surface area contributed by atoms with Crippen LogP contribution >= 0.6 is 0 Å². The number of hydrogen-bond acceptors (Lipinski definition) is 6. The molecule has 0 saturated carbocycles. The van der Waals surface area contributed by atoms with Crippen molar-refractivity contribution in [2.75, 3.05) is 12.4 Å². The van der Waals surface area contributed by atoms with Gasteiger partial charge in [0.25, 0.3) is 5.95 Å². The zero-order chi connectivity index (χ0) is 17.8. The molecule has 1 aromatic heterocycles. The predicted molar refractivity (Wildman–Crippen MR) is 101 cm³/mol. The number of tetrazole rings is 1. The lowest BCUT2D eigenvalue weighted by molar-refractivity contribution is 0.414. The molecular formula is C19H16N6O. The summed E-state index contributed by atoms with van der Waals surface area (Å²) in [6, 6.07) is 21.7. The van der Waals surface area contributed by atoms with Crippen LogP contribution in [0.25, 0.3) is 10.8 Å². The molecule has 0 radical (unpaired) electrons. The second-order valence-corrected chi connectivity index (χ2v) is 5.53. The molecule has 0 unspecified atom stereocenters. The second kappa shape index (κ2) is 7.02. The summed E-state index contributed by atoms with van der Waals surface area (Å²) >= 11 is 0. The molecule has 4 aromatic rings. The van der Waals surface area contributed by atoms with E-state index in [1.165, 1.54) is 4.79 Å². The standard InChI is InChI=1S/C19H16N6O/c1-26-18-12-5-3-8-15(18)13-20-25-19(22-23-24-25)21-17-11-6-9-14-7-2-4-10-16(14)17/h2-13H,1H3,(H,21,22,24)/b20-13+. The van der Waals surface area contributed by atoms with Crippen LogP contribution in [0.5, 0.6) is 5.75 Å². The maximum absolute atomic E-state index is 5.32. The minimum atomic E-state index is 0.424. The van der Waals surface area contributed by atoms with Gasteiger partial charge >= 0.3 is 0 Å². The lowest BCUT2D eigenvalue weighted by atomic mass is 10.1. The number of rotatable bonds is 5. The Bertz CT molecular complexity index is 1070. The van der Waals surface area contributed by atoms with Crippen molar-refractivity contribution >= 4 is 28.6 Å². The van der Waals surface area contributed by atoms with E-state index in [9.17, 15) is 0 Å². The highest BCUT2D eigenvalue weighted by Crippen LogP contribution is 2.25. The molecule has 7 heteroatoms. The van der Waals surface area contributed by atoms with Gasteiger partial charge in [0, 0.05) is 16.6 Å². The number of fused-ring (bicyclic) bond motifs is 1. The highest BCUT2D eigenvalue weighted by Gasteiger charge is 2.08. The highest BCUT2D eigenvalue weighted by atomic mass is 16.5. The van der Waals surface area contributed by atoms with Gasteiger partial charge in [-0.15, -0.1) is 0 Å². The first-order valence-corrected chi connectivity index (χ1v) is 8.06. The molecule has 0 saturated heterocycles. The van der Waals surface area contributed by atoms with Gasteiger partial charge < -0.3 is 10.1 Å². The van der Waals surface area contributed by atoms with Crippen molar-refractivity contribution in [2.24, 2.45) is 5.10 Å². The topological polar surface area (TPSA) is 77.2 Å². The molecule has 0 aliphatic rings. The van der Waals surface area contributed by atoms with Crippen LogP contribution in [0.4, 0.5) is 11.6 Å². The van der Waals surface area contributed by atoms with Gasteiger partial charge in [-0.25, -0.2) is 0 Å². The van der Waals surface area contributed by atoms with E-state index in [0.717, 1.165) is 27.8 Å². The van der Waals surface area contributed by atoms with E-state index >= 15 is 0 Å². The number of anilines is 2. The summed E-state index contributed by atoms with van der Waals surface area (Å²) in [5, 5.41) is 21.4. The van der Waals surface area contributed by atoms with E-state index in [4.69, 9.17) is 4.74 Å². The van der Waals surface area contributed by atoms with Crippen LogP contribution in [0.3, 0.4) is 0 Å². The first-order valence-electron chi connectivity index (χ1n) is 8.06. The molecule has 0 fully saturated rings. The number of aromatic nitrogens is 4. The third-order valence-electron chi connectivity index (χ3n) is 3.93. The summed E-state index contributed by atoms with van der Waals surface area (Å²) < 4.78 is 5.32. The number of nitrogens with one attached hydrogen (secondary N) is 1. The van der Waals surface area contributed by atoms with Crippen LogP contribution in [-0.4, -0.2) is 33.6 Å². The van der Waals surface area contributed by atoms with Crippen molar-refractivity contribution in [3.63, 3.8) is 0 Å². The Kier molecular flexibility index (Phi) is 4.26. The fourth-order valence-corrected chi connectivity index (χ4v) is 2.68. The Balaban J connectivity index is 1.64. The minimum absolute atomic E-state index is 0.424. The predicted octanol–water partition coefficient (Wildman–Crippen LogP) is 3.46. The Labute approximate surface area is 149 Å². The second-order valence-electron chi connectivity index (χ2n) is 5.53. The van der Waals surface area contributed by atoms with Crippen LogP contribution in [0.15, 0.2) is 71.8 Å². The molecule has 7 nitrogen and oxygen atoms in total. The maximum Gasteiger partial charge on any atom is 0.269 e. The molecule has 0 aliphatic carbocycles. The van der Waals surface area contributed by atoms with E-state index < -0.39 is 0 Å². The van der Waals surface area contributed by atoms with Crippen LogP contribution in [0, 0.1) is 0 Å². The lowest BCUT2D eigenvalue weighted by Crippen LogP contribution is -2.02. The van der Waals surface area contributed by atoms with E-state index in [2.05, 4.69) is 38.1 Å². The molecule has 0 spiro atoms. The van der Waals surface area contributed by atoms with Gasteiger partial charge in [0.2, 0.25) is 0 Å². The Morgan fingerprint density at radius 2 is 1.81 bits per heavy atom. The van der Waals surface area contributed by atoms with Crippen LogP contribution in [-0.2, 0) is 0 Å². The SMILES string of the molecule is COc1ccccc1/C=N/n1nnnc1Nc1cccc2ccccc12. The normalized spacial score (nSPS) is 11.1. The smallest absolute Gasteiger partial charge is 0.269 e. The van der Waals surface area contributed by atoms with Crippen LogP contribution in [0.1, 0.15) is 5.56 Å². The van der Waals surface area contributed by atoms with Crippen molar-refractivity contribution in [3.8, 4) is 5.75 Å². The summed E-state index contributed by atoms with van der Waals surface area (Å²) in [5.74, 6) is 1.15. The summed E-state index contributed by atoms with van der Waals surface area (Å²) in [5.41, 5.74) is 1.74. The summed E-state index contributed by atoms with van der Waals surface area (Å²) in [4.78, 5) is 1.34. The van der Waals surface area contributed by atoms with E-state index in [1.54, 1.807) is 13.3 Å². The molecule has 3 aromatic carbocycles. The Morgan fingerprint density at radius 3 is 2.73 bits per heavy atom. The monoisotopic (exact) mass is 344 g/mol. The Morgan fingerprint density at radius 1 is 1.00 bits per heavy atom. The molecule has 0 atom stereocenters. The van der Waals surface area contributed by atoms with Crippen molar-refractivity contribution < 1.29 is 4.74 Å². The first-order chi connectivity index (χ1) is 12.8. The molecule has 0 amide bonds. The Hall–Kier alpha value is -3.74. The minimum Gasteiger partial charge on any atom is -0.496 e. The van der Waals surface area contributed by atoms with Gasteiger partial charge in [-0.2, -0.15) is 5.10 Å². The number of hydrogen-bond donors (Lipinski definition) is 1. The zero-order valence-corrected chi connectivity index (χ0v) is 14.1. The van der Waals surface area contributed by atoms with E-state index in [-0.39, 0.29) is 0 Å². The molecule has 1 N–H and O–H groups in total. The van der Waals surface area contributed by atoms with Gasteiger partial charge in [0.1, 0.15) is 5.75 Å². The van der Waals surface area contributed by atoms with Gasteiger partial charge in [0.15, 0.2) is 0 Å². The van der Waals surface area contributed by atoms with Gasteiger partial charge in [-0.1, -0.05) is 58.4 Å². The van der Waals surface area contributed by atoms with Crippen molar-refractivity contribution in [1.29, 1.82) is 0 Å². The van der Waals surface area contributed by atoms with Gasteiger partial charge in [0.05, 0.1) is 13.3 Å². The maximum atomic E-state index is 5.32.